The van der Waals surface area contributed by atoms with Crippen LogP contribution < -0.4 is 15.6 Å². The molecule has 6 nitrogen and oxygen atoms in total. The van der Waals surface area contributed by atoms with Gasteiger partial charge in [0, 0.05) is 24.4 Å². The lowest BCUT2D eigenvalue weighted by molar-refractivity contribution is -0.828. The van der Waals surface area contributed by atoms with Gasteiger partial charge in [0.2, 0.25) is 0 Å². The van der Waals surface area contributed by atoms with Gasteiger partial charge in [-0.2, -0.15) is 0 Å². The van der Waals surface area contributed by atoms with Crippen molar-refractivity contribution in [1.82, 2.24) is 9.55 Å². The van der Waals surface area contributed by atoms with E-state index in [1.807, 2.05) is 38.1 Å². The number of aromatic amines is 1. The SMILES string of the molecule is CCC(C)n1c([O-])c(C=Nc2ccc([NH+](CC)CC)cc2)c(=O)[nH]c1=S. The lowest BCUT2D eigenvalue weighted by Gasteiger charge is -2.23. The fraction of sp³-hybridized carbons (Fsp3) is 0.421. The summed E-state index contributed by atoms with van der Waals surface area (Å²) in [7, 11) is 0. The van der Waals surface area contributed by atoms with Gasteiger partial charge in [0.25, 0.3) is 5.56 Å². The first-order valence-electron chi connectivity index (χ1n) is 8.97. The number of aliphatic imine (C=N–C) groups is 1. The number of hydrogen-bond acceptors (Lipinski definition) is 4. The molecule has 0 saturated carbocycles. The van der Waals surface area contributed by atoms with Gasteiger partial charge in [-0.3, -0.25) is 14.8 Å². The summed E-state index contributed by atoms with van der Waals surface area (Å²) in [6.07, 6.45) is 2.06. The minimum Gasteiger partial charge on any atom is -0.859 e. The van der Waals surface area contributed by atoms with E-state index in [9.17, 15) is 9.90 Å². The van der Waals surface area contributed by atoms with E-state index in [-0.39, 0.29) is 16.4 Å². The van der Waals surface area contributed by atoms with E-state index in [1.54, 1.807) is 0 Å². The Balaban J connectivity index is 2.36. The molecule has 1 aromatic carbocycles. The molecule has 0 fully saturated rings. The average Bonchev–Trinajstić information content (AvgIpc) is 2.63. The minimum atomic E-state index is -0.507. The molecule has 0 radical (unpaired) electrons. The van der Waals surface area contributed by atoms with Crippen molar-refractivity contribution in [2.45, 2.75) is 40.2 Å². The summed E-state index contributed by atoms with van der Waals surface area (Å²) in [6, 6.07) is 7.72. The molecular weight excluding hydrogens is 348 g/mol. The molecule has 2 aromatic rings. The number of aromatic nitrogens is 2. The molecule has 0 amide bonds. The largest absolute Gasteiger partial charge is 0.859 e. The number of nitrogens with one attached hydrogen (secondary N) is 2. The number of hydrogen-bond donors (Lipinski definition) is 2. The summed E-state index contributed by atoms with van der Waals surface area (Å²) >= 11 is 5.13. The van der Waals surface area contributed by atoms with Gasteiger partial charge in [-0.05, 0) is 57.4 Å². The molecule has 1 heterocycles. The Hall–Kier alpha value is -2.25. The van der Waals surface area contributed by atoms with Crippen LogP contribution in [0.25, 0.3) is 0 Å². The van der Waals surface area contributed by atoms with Gasteiger partial charge in [0.05, 0.1) is 24.3 Å². The van der Waals surface area contributed by atoms with Crippen LogP contribution in [0.5, 0.6) is 5.88 Å². The summed E-state index contributed by atoms with van der Waals surface area (Å²) in [5.41, 5.74) is 1.38. The maximum Gasteiger partial charge on any atom is 0.259 e. The fourth-order valence-electron chi connectivity index (χ4n) is 2.82. The Morgan fingerprint density at radius 3 is 2.42 bits per heavy atom. The Labute approximate surface area is 158 Å². The summed E-state index contributed by atoms with van der Waals surface area (Å²) < 4.78 is 1.59. The highest BCUT2D eigenvalue weighted by Gasteiger charge is 2.09. The van der Waals surface area contributed by atoms with Crippen molar-refractivity contribution in [3.63, 3.8) is 0 Å². The zero-order chi connectivity index (χ0) is 19.3. The zero-order valence-corrected chi connectivity index (χ0v) is 16.5. The van der Waals surface area contributed by atoms with E-state index in [4.69, 9.17) is 12.2 Å². The molecular formula is C19H26N4O2S. The molecule has 26 heavy (non-hydrogen) atoms. The van der Waals surface area contributed by atoms with Gasteiger partial charge < -0.3 is 14.6 Å². The van der Waals surface area contributed by atoms with Crippen LogP contribution in [-0.2, 0) is 0 Å². The maximum atomic E-state index is 12.6. The van der Waals surface area contributed by atoms with Crippen molar-refractivity contribution in [2.24, 2.45) is 4.99 Å². The molecule has 1 atom stereocenters. The van der Waals surface area contributed by atoms with Crippen molar-refractivity contribution < 1.29 is 10.0 Å². The molecule has 1 unspecified atom stereocenters. The minimum absolute atomic E-state index is 0.00246. The van der Waals surface area contributed by atoms with E-state index in [0.29, 0.717) is 5.69 Å². The van der Waals surface area contributed by atoms with E-state index in [2.05, 4.69) is 23.8 Å². The molecule has 0 aliphatic carbocycles. The van der Waals surface area contributed by atoms with Crippen LogP contribution in [0.15, 0.2) is 34.1 Å². The van der Waals surface area contributed by atoms with Crippen molar-refractivity contribution in [2.75, 3.05) is 13.1 Å². The van der Waals surface area contributed by atoms with Crippen LogP contribution in [0.2, 0.25) is 0 Å². The van der Waals surface area contributed by atoms with Gasteiger partial charge in [-0.25, -0.2) is 0 Å². The Morgan fingerprint density at radius 2 is 1.88 bits per heavy atom. The van der Waals surface area contributed by atoms with Crippen LogP contribution in [0, 0.1) is 4.77 Å². The van der Waals surface area contributed by atoms with Gasteiger partial charge in [0.15, 0.2) is 4.77 Å². The number of rotatable bonds is 7. The zero-order valence-electron chi connectivity index (χ0n) is 15.7. The molecule has 1 aromatic heterocycles. The Morgan fingerprint density at radius 1 is 1.27 bits per heavy atom. The first kappa shape index (κ1) is 20.1. The number of benzene rings is 1. The highest BCUT2D eigenvalue weighted by Crippen LogP contribution is 2.19. The second-order valence-corrected chi connectivity index (χ2v) is 6.61. The van der Waals surface area contributed by atoms with Crippen molar-refractivity contribution in [3.05, 3.63) is 45.0 Å². The average molecular weight is 375 g/mol. The van der Waals surface area contributed by atoms with Gasteiger partial charge in [-0.1, -0.05) is 6.92 Å². The summed E-state index contributed by atoms with van der Waals surface area (Å²) in [4.78, 5) is 20.4. The molecule has 0 spiro atoms. The monoisotopic (exact) mass is 374 g/mol. The van der Waals surface area contributed by atoms with Gasteiger partial charge >= 0.3 is 0 Å². The lowest BCUT2D eigenvalue weighted by atomic mass is 10.2. The molecule has 2 rings (SSSR count). The molecule has 7 heteroatoms. The van der Waals surface area contributed by atoms with Crippen LogP contribution in [0.1, 0.15) is 45.7 Å². The van der Waals surface area contributed by atoms with Crippen molar-refractivity contribution in [3.8, 4) is 5.88 Å². The summed E-state index contributed by atoms with van der Waals surface area (Å²) in [5.74, 6) is -0.402. The van der Waals surface area contributed by atoms with Crippen molar-refractivity contribution >= 4 is 29.8 Å². The lowest BCUT2D eigenvalue weighted by Crippen LogP contribution is -3.06. The summed E-state index contributed by atoms with van der Waals surface area (Å²) in [6.45, 7) is 10.2. The van der Waals surface area contributed by atoms with Gasteiger partial charge in [-0.15, -0.1) is 0 Å². The standard InChI is InChI=1S/C19H26N4O2S/c1-5-13(4)23-18(25)16(17(24)21-19(23)26)12-20-14-8-10-15(11-9-14)22(6-2)7-3/h8-13,25H,5-7H2,1-4H3,(H,21,24,26). The molecule has 140 valence electrons. The van der Waals surface area contributed by atoms with E-state index in [0.717, 1.165) is 19.5 Å². The first-order chi connectivity index (χ1) is 12.4. The van der Waals surface area contributed by atoms with Crippen LogP contribution in [-0.4, -0.2) is 28.9 Å². The van der Waals surface area contributed by atoms with Crippen LogP contribution in [0.4, 0.5) is 11.4 Å². The molecule has 0 saturated heterocycles. The normalized spacial score (nSPS) is 12.8. The quantitative estimate of drug-likeness (QED) is 0.576. The third-order valence-electron chi connectivity index (χ3n) is 4.64. The third-order valence-corrected chi connectivity index (χ3v) is 4.94. The van der Waals surface area contributed by atoms with Crippen LogP contribution in [0.3, 0.4) is 0 Å². The number of H-pyrrole nitrogens is 1. The first-order valence-corrected chi connectivity index (χ1v) is 9.38. The van der Waals surface area contributed by atoms with Crippen molar-refractivity contribution in [1.29, 1.82) is 0 Å². The fourth-order valence-corrected chi connectivity index (χ4v) is 3.18. The second kappa shape index (κ2) is 8.91. The molecule has 2 N–H and O–H groups in total. The molecule has 0 aliphatic heterocycles. The summed E-state index contributed by atoms with van der Waals surface area (Å²) in [5, 5.41) is 12.6. The third kappa shape index (κ3) is 4.28. The maximum absolute atomic E-state index is 12.6. The topological polar surface area (TPSA) is 77.6 Å². The van der Waals surface area contributed by atoms with Crippen LogP contribution >= 0.6 is 12.2 Å². The Bertz CT molecular complexity index is 880. The smallest absolute Gasteiger partial charge is 0.259 e. The highest BCUT2D eigenvalue weighted by atomic mass is 32.1. The van der Waals surface area contributed by atoms with E-state index < -0.39 is 11.4 Å². The van der Waals surface area contributed by atoms with E-state index >= 15 is 0 Å². The second-order valence-electron chi connectivity index (χ2n) is 6.22. The predicted molar refractivity (Wildman–Crippen MR) is 106 cm³/mol. The van der Waals surface area contributed by atoms with E-state index in [1.165, 1.54) is 21.4 Å². The number of quaternary nitrogens is 1. The molecule has 0 aliphatic rings. The number of nitrogens with zero attached hydrogens (tertiary/aromatic N) is 2. The van der Waals surface area contributed by atoms with Gasteiger partial charge in [0.1, 0.15) is 5.69 Å². The predicted octanol–water partition coefficient (Wildman–Crippen LogP) is 2.26. The highest BCUT2D eigenvalue weighted by molar-refractivity contribution is 7.71. The molecule has 0 bridgehead atoms. The Kier molecular flexibility index (Phi) is 6.88.